The molecule has 2 N–H and O–H groups in total. The van der Waals surface area contributed by atoms with Crippen molar-refractivity contribution in [2.45, 2.75) is 44.1 Å². The molecule has 1 atom stereocenters. The van der Waals surface area contributed by atoms with E-state index in [1.54, 1.807) is 12.5 Å². The normalized spacial score (nSPS) is 23.1. The number of ketones is 1. The Balaban J connectivity index is 1.17. The highest BCUT2D eigenvalue weighted by molar-refractivity contribution is 5.84. The Hall–Kier alpha value is -3.42. The molecule has 0 bridgehead atoms. The van der Waals surface area contributed by atoms with Crippen molar-refractivity contribution in [3.8, 4) is 28.5 Å². The highest BCUT2D eigenvalue weighted by Gasteiger charge is 2.38. The lowest BCUT2D eigenvalue weighted by Gasteiger charge is -2.29. The smallest absolute Gasteiger partial charge is 0.316 e. The lowest BCUT2D eigenvalue weighted by Crippen LogP contribution is -2.24. The van der Waals surface area contributed by atoms with Crippen LogP contribution in [0.5, 0.6) is 17.2 Å². The van der Waals surface area contributed by atoms with Crippen molar-refractivity contribution in [3.63, 3.8) is 0 Å². The maximum absolute atomic E-state index is 14.0. The quantitative estimate of drug-likeness (QED) is 0.454. The van der Waals surface area contributed by atoms with Crippen LogP contribution in [-0.4, -0.2) is 32.2 Å². The first-order valence-corrected chi connectivity index (χ1v) is 10.9. The van der Waals surface area contributed by atoms with E-state index < -0.39 is 12.0 Å². The number of hydrogen-bond donors (Lipinski definition) is 0. The number of pyridine rings is 1. The Kier molecular flexibility index (Phi) is 4.41. The molecule has 1 fully saturated rings. The summed E-state index contributed by atoms with van der Waals surface area (Å²) >= 11 is 0. The number of carbonyl (C=O) groups excluding carboxylic acids is 1. The van der Waals surface area contributed by atoms with Gasteiger partial charge < -0.3 is 19.1 Å². The number of nitrogens with zero attached hydrogens (tertiary/aromatic N) is 3. The summed E-state index contributed by atoms with van der Waals surface area (Å²) in [4.78, 5) is 21.1. The number of rotatable bonds is 4. The lowest BCUT2D eigenvalue weighted by molar-refractivity contribution is -0.124. The molecule has 2 aromatic heterocycles. The van der Waals surface area contributed by atoms with E-state index in [9.17, 15) is 9.18 Å². The number of benzene rings is 1. The van der Waals surface area contributed by atoms with E-state index in [0.717, 1.165) is 42.9 Å². The number of ether oxygens (including phenoxy) is 2. The Morgan fingerprint density at radius 1 is 1.16 bits per heavy atom. The molecule has 7 nitrogen and oxygen atoms in total. The van der Waals surface area contributed by atoms with Gasteiger partial charge in [0.05, 0.1) is 29.8 Å². The van der Waals surface area contributed by atoms with Crippen LogP contribution in [0.4, 0.5) is 4.39 Å². The summed E-state index contributed by atoms with van der Waals surface area (Å²) in [5.41, 5.74) is 3.25. The lowest BCUT2D eigenvalue weighted by atomic mass is 9.76. The maximum Gasteiger partial charge on any atom is 0.316 e. The summed E-state index contributed by atoms with van der Waals surface area (Å²) in [6.07, 6.45) is 8.55. The summed E-state index contributed by atoms with van der Waals surface area (Å²) in [6.45, 7) is 0.267. The van der Waals surface area contributed by atoms with Crippen molar-refractivity contribution < 1.29 is 23.8 Å². The first kappa shape index (κ1) is 19.3. The number of imidazole rings is 1. The average Bonchev–Trinajstić information content (AvgIpc) is 3.53. The summed E-state index contributed by atoms with van der Waals surface area (Å²) in [7, 11) is 0. The molecule has 4 heterocycles. The number of hydrogen-bond acceptors (Lipinski definition) is 5. The Bertz CT molecular complexity index is 1220. The van der Waals surface area contributed by atoms with E-state index in [1.165, 1.54) is 11.8 Å². The average molecular weight is 436 g/mol. The van der Waals surface area contributed by atoms with Gasteiger partial charge in [-0.1, -0.05) is 6.07 Å². The number of aromatic nitrogens is 3. The fourth-order valence-corrected chi connectivity index (χ4v) is 5.43. The monoisotopic (exact) mass is 436 g/mol. The molecular formula is C24H23FN3O4+. The van der Waals surface area contributed by atoms with Crippen LogP contribution < -0.4 is 9.47 Å². The molecule has 1 unspecified atom stereocenters. The van der Waals surface area contributed by atoms with Crippen LogP contribution in [0.2, 0.25) is 0 Å². The minimum atomic E-state index is -0.802. The van der Waals surface area contributed by atoms with Crippen molar-refractivity contribution in [1.29, 1.82) is 0 Å². The number of Topliss-reactive ketones (excluding diaryl/α,β-unsaturated/α-hetero) is 1. The SMILES string of the molecule is O=C(CC1c2c(cnc(F)c2[OH2+])-c2cncn21)C1CCC(c2ccc3c(c2)OCO3)CC1. The van der Waals surface area contributed by atoms with Crippen LogP contribution >= 0.6 is 0 Å². The molecular weight excluding hydrogens is 413 g/mol. The van der Waals surface area contributed by atoms with E-state index in [-0.39, 0.29) is 30.7 Å². The van der Waals surface area contributed by atoms with Gasteiger partial charge in [-0.15, -0.1) is 0 Å². The first-order chi connectivity index (χ1) is 15.6. The van der Waals surface area contributed by atoms with Gasteiger partial charge in [0.1, 0.15) is 5.78 Å². The van der Waals surface area contributed by atoms with Crippen molar-refractivity contribution in [1.82, 2.24) is 14.5 Å². The molecule has 3 aliphatic rings. The molecule has 2 aliphatic heterocycles. The van der Waals surface area contributed by atoms with Gasteiger partial charge >= 0.3 is 11.7 Å². The first-order valence-electron chi connectivity index (χ1n) is 10.9. The molecule has 1 aromatic carbocycles. The standard InChI is InChI=1S/C24H22FN3O4/c25-24-23(30)22-16(9-27-24)18-10-26-11-28(18)17(22)8-19(29)14-3-1-13(2-4-14)15-5-6-20-21(7-15)32-12-31-20/h5-7,9-11,13-14,17,30H,1-4,8,12H2/p+1. The minimum absolute atomic E-state index is 0.0165. The number of halogens is 1. The second kappa shape index (κ2) is 7.32. The van der Waals surface area contributed by atoms with Gasteiger partial charge in [-0.05, 0) is 49.3 Å². The second-order valence-electron chi connectivity index (χ2n) is 8.78. The number of fused-ring (bicyclic) bond motifs is 4. The molecule has 8 heteroatoms. The predicted octanol–water partition coefficient (Wildman–Crippen LogP) is 4.09. The topological polar surface area (TPSA) is 89.1 Å². The zero-order valence-corrected chi connectivity index (χ0v) is 17.4. The van der Waals surface area contributed by atoms with E-state index in [1.807, 2.05) is 10.6 Å². The highest BCUT2D eigenvalue weighted by atomic mass is 19.1. The van der Waals surface area contributed by atoms with E-state index in [2.05, 4.69) is 22.1 Å². The van der Waals surface area contributed by atoms with Crippen LogP contribution in [0, 0.1) is 11.9 Å². The molecule has 164 valence electrons. The van der Waals surface area contributed by atoms with Gasteiger partial charge in [-0.25, -0.2) is 9.97 Å². The minimum Gasteiger partial charge on any atom is -0.590 e. The van der Waals surface area contributed by atoms with E-state index in [0.29, 0.717) is 17.0 Å². The number of carbonyl (C=O) groups is 1. The molecule has 0 saturated heterocycles. The van der Waals surface area contributed by atoms with Crippen LogP contribution in [0.15, 0.2) is 36.9 Å². The summed E-state index contributed by atoms with van der Waals surface area (Å²) in [5, 5.41) is 8.18. The molecule has 0 spiro atoms. The van der Waals surface area contributed by atoms with Gasteiger partial charge in [0.25, 0.3) is 0 Å². The van der Waals surface area contributed by atoms with Crippen molar-refractivity contribution in [2.75, 3.05) is 6.79 Å². The zero-order chi connectivity index (χ0) is 21.8. The van der Waals surface area contributed by atoms with Crippen LogP contribution in [0.3, 0.4) is 0 Å². The van der Waals surface area contributed by atoms with Crippen molar-refractivity contribution in [2.24, 2.45) is 5.92 Å². The summed E-state index contributed by atoms with van der Waals surface area (Å²) in [6, 6.07) is 5.71. The second-order valence-corrected chi connectivity index (χ2v) is 8.78. The van der Waals surface area contributed by atoms with Gasteiger partial charge in [-0.3, -0.25) is 4.79 Å². The van der Waals surface area contributed by atoms with Crippen LogP contribution in [0.1, 0.15) is 55.2 Å². The van der Waals surface area contributed by atoms with Crippen molar-refractivity contribution in [3.05, 3.63) is 54.0 Å². The van der Waals surface area contributed by atoms with Gasteiger partial charge in [0, 0.05) is 24.1 Å². The fourth-order valence-electron chi connectivity index (χ4n) is 5.43. The van der Waals surface area contributed by atoms with E-state index in [4.69, 9.17) is 14.6 Å². The third-order valence-corrected chi connectivity index (χ3v) is 7.13. The third-order valence-electron chi connectivity index (χ3n) is 7.13. The van der Waals surface area contributed by atoms with Crippen molar-refractivity contribution >= 4 is 5.78 Å². The molecule has 6 rings (SSSR count). The maximum atomic E-state index is 14.0. The van der Waals surface area contributed by atoms with Gasteiger partial charge in [0.2, 0.25) is 6.79 Å². The largest absolute Gasteiger partial charge is 0.590 e. The Morgan fingerprint density at radius 2 is 1.97 bits per heavy atom. The molecule has 3 aromatic rings. The Labute approximate surface area is 183 Å². The van der Waals surface area contributed by atoms with Gasteiger partial charge in [-0.2, -0.15) is 4.39 Å². The van der Waals surface area contributed by atoms with Gasteiger partial charge in [0.15, 0.2) is 11.5 Å². The Morgan fingerprint density at radius 3 is 2.81 bits per heavy atom. The zero-order valence-electron chi connectivity index (χ0n) is 17.4. The summed E-state index contributed by atoms with van der Waals surface area (Å²) in [5.74, 6) is 1.11. The molecule has 32 heavy (non-hydrogen) atoms. The molecule has 0 radical (unpaired) electrons. The van der Waals surface area contributed by atoms with E-state index >= 15 is 0 Å². The summed E-state index contributed by atoms with van der Waals surface area (Å²) < 4.78 is 26.8. The third kappa shape index (κ3) is 2.97. The fraction of sp³-hybridized carbons (Fsp3) is 0.375. The molecule has 0 amide bonds. The predicted molar refractivity (Wildman–Crippen MR) is 114 cm³/mol. The van der Waals surface area contributed by atoms with Crippen LogP contribution in [-0.2, 0) is 4.79 Å². The molecule has 1 saturated carbocycles. The molecule has 1 aliphatic carbocycles. The van der Waals surface area contributed by atoms with Crippen LogP contribution in [0.25, 0.3) is 11.3 Å². The highest BCUT2D eigenvalue weighted by Crippen LogP contribution is 2.47.